The molecule has 25 heavy (non-hydrogen) atoms. The summed E-state index contributed by atoms with van der Waals surface area (Å²) in [5.41, 5.74) is 0. The van der Waals surface area contributed by atoms with Gasteiger partial charge in [-0.05, 0) is 19.3 Å². The Labute approximate surface area is 171 Å². The molecule has 3 nitrogen and oxygen atoms in total. The molecule has 0 radical (unpaired) electrons. The molecule has 0 spiro atoms. The van der Waals surface area contributed by atoms with Gasteiger partial charge in [0.05, 0.1) is 0 Å². The van der Waals surface area contributed by atoms with Gasteiger partial charge in [0.2, 0.25) is 0 Å². The van der Waals surface area contributed by atoms with Crippen molar-refractivity contribution in [2.24, 2.45) is 0 Å². The minimum absolute atomic E-state index is 0. The third-order valence-electron chi connectivity index (χ3n) is 2.53. The van der Waals surface area contributed by atoms with E-state index in [1.807, 2.05) is 0 Å². The molecule has 1 rings (SSSR count). The summed E-state index contributed by atoms with van der Waals surface area (Å²) < 4.78 is 35.3. The molecule has 1 aromatic carbocycles. The Morgan fingerprint density at radius 2 is 1.00 bits per heavy atom. The van der Waals surface area contributed by atoms with Gasteiger partial charge in [0, 0.05) is 45.7 Å². The number of hydrogen-bond acceptors (Lipinski definition) is 3. The van der Waals surface area contributed by atoms with Crippen LogP contribution in [0.1, 0.15) is 59.3 Å². The summed E-state index contributed by atoms with van der Waals surface area (Å²) in [5, 5.41) is 23.8. The molecule has 0 aliphatic carbocycles. The van der Waals surface area contributed by atoms with E-state index >= 15 is 0 Å². The average Bonchev–Trinajstić information content (AvgIpc) is 3.06. The van der Waals surface area contributed by atoms with Crippen molar-refractivity contribution in [2.75, 3.05) is 19.8 Å². The normalized spacial score (nSPS) is 9.32. The summed E-state index contributed by atoms with van der Waals surface area (Å²) in [6.07, 6.45) is 6.11. The molecule has 0 heterocycles. The van der Waals surface area contributed by atoms with Crippen LogP contribution in [0.25, 0.3) is 0 Å². The quantitative estimate of drug-likeness (QED) is 0.276. The molecule has 0 aliphatic rings. The summed E-state index contributed by atoms with van der Waals surface area (Å²) >= 11 is 0. The van der Waals surface area contributed by atoms with Crippen LogP contribution in [0.5, 0.6) is 0 Å². The van der Waals surface area contributed by atoms with Crippen LogP contribution < -0.4 is 5.19 Å². The molecule has 0 saturated carbocycles. The van der Waals surface area contributed by atoms with Gasteiger partial charge in [-0.2, -0.15) is 12.1 Å². The molecule has 150 valence electrons. The Balaban J connectivity index is -0.000000122. The van der Waals surface area contributed by atoms with Crippen LogP contribution in [0.4, 0.5) is 12.3 Å². The minimum Gasteiger partial charge on any atom is -0.396 e. The Morgan fingerprint density at radius 3 is 1.08 bits per heavy atom. The van der Waals surface area contributed by atoms with Crippen molar-refractivity contribution in [3.05, 3.63) is 24.3 Å². The van der Waals surface area contributed by atoms with Crippen molar-refractivity contribution in [3.63, 3.8) is 0 Å². The summed E-state index contributed by atoms with van der Waals surface area (Å²) in [6.45, 7) is 7.19. The Hall–Kier alpha value is 0.107. The zero-order valence-corrected chi connectivity index (χ0v) is 20.2. The van der Waals surface area contributed by atoms with Gasteiger partial charge in [-0.15, -0.1) is 0 Å². The number of aliphatic hydroxyl groups is 3. The fourth-order valence-corrected chi connectivity index (χ4v) is 1.61. The third kappa shape index (κ3) is 32.3. The number of aliphatic hydroxyl groups excluding tert-OH is 3. The van der Waals surface area contributed by atoms with E-state index in [1.165, 1.54) is 12.1 Å². The number of halogens is 3. The second-order valence-corrected chi connectivity index (χ2v) is 6.48. The predicted molar refractivity (Wildman–Crippen MR) is 96.7 cm³/mol. The number of hydrogen-bond donors (Lipinski definition) is 3. The van der Waals surface area contributed by atoms with Gasteiger partial charge in [-0.25, -0.2) is 24.5 Å². The van der Waals surface area contributed by atoms with Crippen LogP contribution in [0.15, 0.2) is 24.3 Å². The summed E-state index contributed by atoms with van der Waals surface area (Å²) in [5.74, 6) is 0. The van der Waals surface area contributed by atoms with Crippen LogP contribution in [-0.4, -0.2) is 44.2 Å². The SMILES string of the molecule is CCCCO.CCCCO.CCCCO.F[Si](F)(F)[c-]1cccc1.[Hf]. The molecule has 1 aromatic rings. The predicted octanol–water partition coefficient (Wildman–Crippen LogP) is 3.79. The van der Waals surface area contributed by atoms with Crippen molar-refractivity contribution in [3.8, 4) is 0 Å². The fourth-order valence-electron chi connectivity index (χ4n) is 1.04. The molecule has 0 aliphatic heterocycles. The molecule has 0 saturated heterocycles. The van der Waals surface area contributed by atoms with Crippen LogP contribution in [0.3, 0.4) is 0 Å². The molecular formula is C17H34F3HfO3Si-. The van der Waals surface area contributed by atoms with Gasteiger partial charge in [0.1, 0.15) is 0 Å². The maximum atomic E-state index is 11.8. The second-order valence-electron chi connectivity index (χ2n) is 4.90. The molecule has 0 amide bonds. The van der Waals surface area contributed by atoms with Crippen LogP contribution in [0.2, 0.25) is 0 Å². The number of unbranched alkanes of at least 4 members (excludes halogenated alkanes) is 3. The Kier molecular flexibility index (Phi) is 34.5. The van der Waals surface area contributed by atoms with Crippen molar-refractivity contribution in [1.29, 1.82) is 0 Å². The van der Waals surface area contributed by atoms with E-state index in [4.69, 9.17) is 15.3 Å². The van der Waals surface area contributed by atoms with E-state index in [2.05, 4.69) is 20.8 Å². The zero-order chi connectivity index (χ0) is 19.3. The molecular weight excluding hydrogens is 516 g/mol. The molecule has 0 aromatic heterocycles. The molecule has 0 unspecified atom stereocenters. The standard InChI is InChI=1S/C5H4F3Si.3C4H10O.Hf/c6-9(7,8)5-3-1-2-4-5;3*1-2-3-4-5;/h1-4H;3*5H,2-4H2,1H3;/q-1;;;;. The zero-order valence-electron chi connectivity index (χ0n) is 15.6. The van der Waals surface area contributed by atoms with Gasteiger partial charge in [0.25, 0.3) is 0 Å². The van der Waals surface area contributed by atoms with E-state index < -0.39 is 14.3 Å². The van der Waals surface area contributed by atoms with Gasteiger partial charge >= 0.3 is 9.08 Å². The Morgan fingerprint density at radius 1 is 0.720 bits per heavy atom. The number of rotatable bonds is 7. The smallest absolute Gasteiger partial charge is 0.396 e. The molecule has 0 atom stereocenters. The van der Waals surface area contributed by atoms with Crippen molar-refractivity contribution in [2.45, 2.75) is 59.3 Å². The molecule has 0 bridgehead atoms. The Bertz CT molecular complexity index is 290. The summed E-state index contributed by atoms with van der Waals surface area (Å²) in [6, 6.07) is 5.00. The first-order valence-electron chi connectivity index (χ1n) is 8.46. The monoisotopic (exact) mass is 551 g/mol. The topological polar surface area (TPSA) is 60.7 Å². The van der Waals surface area contributed by atoms with Gasteiger partial charge in [-0.1, -0.05) is 45.2 Å². The molecule has 0 fully saturated rings. The summed E-state index contributed by atoms with van der Waals surface area (Å²) in [4.78, 5) is 0. The van der Waals surface area contributed by atoms with Crippen LogP contribution in [-0.2, 0) is 25.8 Å². The fraction of sp³-hybridized carbons (Fsp3) is 0.706. The molecule has 8 heteroatoms. The van der Waals surface area contributed by atoms with Crippen molar-refractivity contribution in [1.82, 2.24) is 0 Å². The first-order chi connectivity index (χ1) is 11.3. The van der Waals surface area contributed by atoms with Gasteiger partial charge in [0.15, 0.2) is 0 Å². The first kappa shape index (κ1) is 32.8. The van der Waals surface area contributed by atoms with E-state index in [0.717, 1.165) is 50.7 Å². The van der Waals surface area contributed by atoms with E-state index in [-0.39, 0.29) is 25.8 Å². The second kappa shape index (κ2) is 26.3. The first-order valence-corrected chi connectivity index (χ1v) is 10.1. The van der Waals surface area contributed by atoms with E-state index in [9.17, 15) is 12.3 Å². The van der Waals surface area contributed by atoms with E-state index in [1.54, 1.807) is 0 Å². The van der Waals surface area contributed by atoms with Gasteiger partial charge in [-0.3, -0.25) is 0 Å². The van der Waals surface area contributed by atoms with Crippen molar-refractivity contribution < 1.29 is 53.5 Å². The average molecular weight is 550 g/mol. The maximum Gasteiger partial charge on any atom is 0.584 e. The third-order valence-corrected chi connectivity index (χ3v) is 3.51. The van der Waals surface area contributed by atoms with Crippen LogP contribution >= 0.6 is 0 Å². The van der Waals surface area contributed by atoms with Gasteiger partial charge < -0.3 is 15.3 Å². The van der Waals surface area contributed by atoms with E-state index in [0.29, 0.717) is 19.8 Å². The largest absolute Gasteiger partial charge is 0.584 e. The van der Waals surface area contributed by atoms with Crippen LogP contribution in [0, 0.1) is 0 Å². The molecule has 3 N–H and O–H groups in total. The minimum atomic E-state index is -5.48. The summed E-state index contributed by atoms with van der Waals surface area (Å²) in [7, 11) is -5.48. The van der Waals surface area contributed by atoms with Crippen molar-refractivity contribution >= 4 is 14.3 Å². The maximum absolute atomic E-state index is 11.8.